The minimum absolute atomic E-state index is 0.669. The van der Waals surface area contributed by atoms with Crippen molar-refractivity contribution >= 4 is 31.9 Å². The first-order chi connectivity index (χ1) is 8.70. The van der Waals surface area contributed by atoms with Gasteiger partial charge in [0.05, 0.1) is 18.1 Å². The lowest BCUT2D eigenvalue weighted by molar-refractivity contribution is 0.406. The molecule has 2 rings (SSSR count). The minimum Gasteiger partial charge on any atom is -0.496 e. The van der Waals surface area contributed by atoms with Crippen LogP contribution in [0.2, 0.25) is 0 Å². The monoisotopic (exact) mass is 373 g/mol. The second-order valence-electron chi connectivity index (χ2n) is 3.75. The lowest BCUT2D eigenvalue weighted by atomic mass is 10.2. The molecule has 3 nitrogen and oxygen atoms in total. The number of hydrogen-bond donors (Lipinski definition) is 1. The summed E-state index contributed by atoms with van der Waals surface area (Å²) in [5.74, 6) is 1.77. The highest BCUT2D eigenvalue weighted by molar-refractivity contribution is 9.13. The molecule has 5 heteroatoms. The number of halogens is 2. The average Bonchev–Trinajstić information content (AvgIpc) is 2.69. The summed E-state index contributed by atoms with van der Waals surface area (Å²) in [4.78, 5) is 0. The van der Waals surface area contributed by atoms with Crippen LogP contribution < -0.4 is 10.1 Å². The zero-order chi connectivity index (χ0) is 13.0. The molecule has 0 atom stereocenters. The molecule has 0 spiro atoms. The Labute approximate surface area is 123 Å². The van der Waals surface area contributed by atoms with Crippen LogP contribution in [0.5, 0.6) is 5.75 Å². The molecule has 18 heavy (non-hydrogen) atoms. The van der Waals surface area contributed by atoms with Gasteiger partial charge in [-0.3, -0.25) is 0 Å². The van der Waals surface area contributed by atoms with Crippen molar-refractivity contribution in [3.63, 3.8) is 0 Å². The molecule has 1 aromatic heterocycles. The van der Waals surface area contributed by atoms with E-state index < -0.39 is 0 Å². The number of furan rings is 1. The zero-order valence-corrected chi connectivity index (χ0v) is 13.0. The average molecular weight is 375 g/mol. The number of methoxy groups -OCH3 is 1. The van der Waals surface area contributed by atoms with Crippen LogP contribution in [0.4, 0.5) is 0 Å². The molecule has 0 aliphatic carbocycles. The first-order valence-electron chi connectivity index (χ1n) is 5.47. The van der Waals surface area contributed by atoms with E-state index in [9.17, 15) is 0 Å². The Morgan fingerprint density at radius 2 is 2.00 bits per heavy atom. The Hall–Kier alpha value is -0.780. The van der Waals surface area contributed by atoms with Crippen LogP contribution in [0.25, 0.3) is 0 Å². The van der Waals surface area contributed by atoms with Crippen molar-refractivity contribution in [2.45, 2.75) is 13.1 Å². The number of rotatable bonds is 5. The Bertz CT molecular complexity index is 506. The van der Waals surface area contributed by atoms with Gasteiger partial charge in [0.25, 0.3) is 0 Å². The van der Waals surface area contributed by atoms with Crippen molar-refractivity contribution in [2.75, 3.05) is 7.11 Å². The van der Waals surface area contributed by atoms with E-state index in [0.29, 0.717) is 6.54 Å². The molecule has 1 aromatic carbocycles. The van der Waals surface area contributed by atoms with Gasteiger partial charge in [0.2, 0.25) is 0 Å². The summed E-state index contributed by atoms with van der Waals surface area (Å²) in [6.45, 7) is 1.40. The van der Waals surface area contributed by atoms with Crippen molar-refractivity contribution in [1.82, 2.24) is 5.32 Å². The largest absolute Gasteiger partial charge is 0.496 e. The second kappa shape index (κ2) is 6.41. The van der Waals surface area contributed by atoms with E-state index in [1.165, 1.54) is 0 Å². The van der Waals surface area contributed by atoms with Crippen LogP contribution in [0, 0.1) is 0 Å². The third-order valence-corrected chi connectivity index (χ3v) is 4.21. The van der Waals surface area contributed by atoms with Crippen LogP contribution in [-0.2, 0) is 13.1 Å². The molecule has 0 unspecified atom stereocenters. The molecule has 0 saturated carbocycles. The van der Waals surface area contributed by atoms with E-state index in [1.807, 2.05) is 30.3 Å². The van der Waals surface area contributed by atoms with Crippen LogP contribution in [0.15, 0.2) is 43.9 Å². The molecular weight excluding hydrogens is 362 g/mol. The van der Waals surface area contributed by atoms with E-state index in [4.69, 9.17) is 9.15 Å². The Balaban J connectivity index is 1.92. The fourth-order valence-electron chi connectivity index (χ4n) is 1.65. The molecule has 0 fully saturated rings. The molecular formula is C13H13Br2NO2. The Morgan fingerprint density at radius 3 is 2.67 bits per heavy atom. The maximum atomic E-state index is 5.48. The van der Waals surface area contributed by atoms with E-state index >= 15 is 0 Å². The highest BCUT2D eigenvalue weighted by Crippen LogP contribution is 2.26. The van der Waals surface area contributed by atoms with Gasteiger partial charge in [0.1, 0.15) is 11.5 Å². The number of benzene rings is 1. The number of para-hydroxylation sites is 1. The summed E-state index contributed by atoms with van der Waals surface area (Å²) in [7, 11) is 1.68. The standard InChI is InChI=1S/C13H13Br2NO2/c1-17-12-5-3-2-4-9(12)7-16-8-10-6-11(14)13(15)18-10/h2-6,16H,7-8H2,1H3. The topological polar surface area (TPSA) is 34.4 Å². The zero-order valence-electron chi connectivity index (χ0n) is 9.87. The van der Waals surface area contributed by atoms with Gasteiger partial charge in [-0.15, -0.1) is 0 Å². The smallest absolute Gasteiger partial charge is 0.183 e. The number of hydrogen-bond acceptors (Lipinski definition) is 3. The molecule has 0 aliphatic heterocycles. The third kappa shape index (κ3) is 3.37. The number of ether oxygens (including phenoxy) is 1. The second-order valence-corrected chi connectivity index (χ2v) is 5.32. The van der Waals surface area contributed by atoms with Gasteiger partial charge in [-0.2, -0.15) is 0 Å². The summed E-state index contributed by atoms with van der Waals surface area (Å²) in [5, 5.41) is 3.32. The molecule has 2 aromatic rings. The molecule has 0 saturated heterocycles. The predicted molar refractivity (Wildman–Crippen MR) is 77.6 cm³/mol. The van der Waals surface area contributed by atoms with Gasteiger partial charge in [0.15, 0.2) is 4.67 Å². The van der Waals surface area contributed by atoms with Crippen LogP contribution in [0.3, 0.4) is 0 Å². The number of nitrogens with one attached hydrogen (secondary N) is 1. The molecule has 1 N–H and O–H groups in total. The first-order valence-corrected chi connectivity index (χ1v) is 7.05. The highest BCUT2D eigenvalue weighted by Gasteiger charge is 2.06. The van der Waals surface area contributed by atoms with Crippen molar-refractivity contribution in [1.29, 1.82) is 0 Å². The SMILES string of the molecule is COc1ccccc1CNCc1cc(Br)c(Br)o1. The molecule has 0 bridgehead atoms. The molecule has 0 amide bonds. The van der Waals surface area contributed by atoms with Crippen molar-refractivity contribution in [3.05, 3.63) is 50.8 Å². The van der Waals surface area contributed by atoms with Crippen molar-refractivity contribution in [2.24, 2.45) is 0 Å². The van der Waals surface area contributed by atoms with E-state index in [1.54, 1.807) is 7.11 Å². The third-order valence-electron chi connectivity index (χ3n) is 2.50. The lowest BCUT2D eigenvalue weighted by Gasteiger charge is -2.08. The molecule has 96 valence electrons. The van der Waals surface area contributed by atoms with Gasteiger partial charge in [-0.25, -0.2) is 0 Å². The summed E-state index contributed by atoms with van der Waals surface area (Å²) in [6, 6.07) is 9.90. The quantitative estimate of drug-likeness (QED) is 0.855. The molecule has 0 radical (unpaired) electrons. The summed E-state index contributed by atoms with van der Waals surface area (Å²) >= 11 is 6.70. The Morgan fingerprint density at radius 1 is 1.22 bits per heavy atom. The van der Waals surface area contributed by atoms with E-state index in [2.05, 4.69) is 37.2 Å². The maximum absolute atomic E-state index is 5.48. The van der Waals surface area contributed by atoms with Gasteiger partial charge in [-0.1, -0.05) is 18.2 Å². The van der Waals surface area contributed by atoms with Crippen molar-refractivity contribution < 1.29 is 9.15 Å². The highest BCUT2D eigenvalue weighted by atomic mass is 79.9. The summed E-state index contributed by atoms with van der Waals surface area (Å²) in [6.07, 6.45) is 0. The minimum atomic E-state index is 0.669. The maximum Gasteiger partial charge on any atom is 0.183 e. The first kappa shape index (κ1) is 13.6. The normalized spacial score (nSPS) is 10.6. The fraction of sp³-hybridized carbons (Fsp3) is 0.231. The summed E-state index contributed by atoms with van der Waals surface area (Å²) < 4.78 is 12.4. The van der Waals surface area contributed by atoms with E-state index in [0.717, 1.165) is 32.8 Å². The van der Waals surface area contributed by atoms with Crippen LogP contribution in [-0.4, -0.2) is 7.11 Å². The molecule has 0 aliphatic rings. The lowest BCUT2D eigenvalue weighted by Crippen LogP contribution is -2.12. The fourth-order valence-corrected chi connectivity index (χ4v) is 2.31. The summed E-state index contributed by atoms with van der Waals surface area (Å²) in [5.41, 5.74) is 1.13. The van der Waals surface area contributed by atoms with Crippen molar-refractivity contribution in [3.8, 4) is 5.75 Å². The van der Waals surface area contributed by atoms with Gasteiger partial charge in [-0.05, 0) is 44.0 Å². The van der Waals surface area contributed by atoms with Gasteiger partial charge >= 0.3 is 0 Å². The van der Waals surface area contributed by atoms with Gasteiger partial charge < -0.3 is 14.5 Å². The van der Waals surface area contributed by atoms with Gasteiger partial charge in [0, 0.05) is 12.1 Å². The van der Waals surface area contributed by atoms with Crippen LogP contribution >= 0.6 is 31.9 Å². The predicted octanol–water partition coefficient (Wildman–Crippen LogP) is 4.10. The van der Waals surface area contributed by atoms with E-state index in [-0.39, 0.29) is 0 Å². The molecule has 1 heterocycles. The Kier molecular flexibility index (Phi) is 4.86. The van der Waals surface area contributed by atoms with Crippen LogP contribution in [0.1, 0.15) is 11.3 Å².